The number of hydrogen-bond acceptors (Lipinski definition) is 4. The number of carbonyl (C=O) groups is 2. The quantitative estimate of drug-likeness (QED) is 0.567. The monoisotopic (exact) mass is 338 g/mol. The van der Waals surface area contributed by atoms with Crippen LogP contribution >= 0.6 is 23.2 Å². The van der Waals surface area contributed by atoms with E-state index in [1.165, 1.54) is 0 Å². The van der Waals surface area contributed by atoms with Gasteiger partial charge in [-0.25, -0.2) is 0 Å². The topological polar surface area (TPSA) is 52.6 Å². The van der Waals surface area contributed by atoms with Gasteiger partial charge in [0.2, 0.25) is 0 Å². The number of rotatable bonds is 7. The average molecular weight is 339 g/mol. The second-order valence-corrected chi connectivity index (χ2v) is 4.99. The lowest BCUT2D eigenvalue weighted by Crippen LogP contribution is -2.09. The van der Waals surface area contributed by atoms with Crippen LogP contribution in [-0.4, -0.2) is 23.7 Å². The summed E-state index contributed by atoms with van der Waals surface area (Å²) >= 11 is 10.8. The lowest BCUT2D eigenvalue weighted by molar-refractivity contribution is 0.107. The van der Waals surface area contributed by atoms with Gasteiger partial charge in [0.1, 0.15) is 24.7 Å². The third-order valence-corrected chi connectivity index (χ3v) is 3.18. The van der Waals surface area contributed by atoms with Crippen LogP contribution in [0.15, 0.2) is 48.5 Å². The fourth-order valence-electron chi connectivity index (χ4n) is 1.74. The van der Waals surface area contributed by atoms with Crippen molar-refractivity contribution in [3.05, 3.63) is 59.7 Å². The molecule has 2 aromatic rings. The molecule has 22 heavy (non-hydrogen) atoms. The molecule has 0 aliphatic rings. The molecule has 0 saturated heterocycles. The van der Waals surface area contributed by atoms with Gasteiger partial charge in [0.25, 0.3) is 10.5 Å². The normalized spacial score (nSPS) is 10.1. The molecule has 0 aliphatic heterocycles. The summed E-state index contributed by atoms with van der Waals surface area (Å²) in [7, 11) is 0. The van der Waals surface area contributed by atoms with Crippen molar-refractivity contribution < 1.29 is 19.1 Å². The zero-order valence-corrected chi connectivity index (χ0v) is 12.9. The number of ether oxygens (including phenoxy) is 2. The Balaban J connectivity index is 1.84. The van der Waals surface area contributed by atoms with Crippen LogP contribution in [0.5, 0.6) is 11.5 Å². The van der Waals surface area contributed by atoms with Crippen LogP contribution in [0.3, 0.4) is 0 Å². The Morgan fingerprint density at radius 2 is 1.18 bits per heavy atom. The third kappa shape index (κ3) is 4.76. The Hall–Kier alpha value is -2.04. The van der Waals surface area contributed by atoms with Crippen LogP contribution in [0.25, 0.3) is 0 Å². The van der Waals surface area contributed by atoms with Gasteiger partial charge in [0.15, 0.2) is 0 Å². The van der Waals surface area contributed by atoms with Gasteiger partial charge in [0.05, 0.1) is 0 Å². The van der Waals surface area contributed by atoms with Crippen LogP contribution in [0.2, 0.25) is 0 Å². The van der Waals surface area contributed by atoms with Gasteiger partial charge < -0.3 is 9.47 Å². The molecule has 4 nitrogen and oxygen atoms in total. The molecular weight excluding hydrogens is 327 g/mol. The zero-order chi connectivity index (χ0) is 15.9. The summed E-state index contributed by atoms with van der Waals surface area (Å²) in [5, 5.41) is -1.08. The lowest BCUT2D eigenvalue weighted by atomic mass is 10.2. The van der Waals surface area contributed by atoms with E-state index in [0.717, 1.165) is 0 Å². The first-order valence-corrected chi connectivity index (χ1v) is 7.17. The number of halogens is 2. The minimum absolute atomic E-state index is 0.277. The van der Waals surface area contributed by atoms with Crippen LogP contribution in [0, 0.1) is 0 Å². The highest BCUT2D eigenvalue weighted by molar-refractivity contribution is 6.68. The molecule has 0 atom stereocenters. The molecule has 0 radical (unpaired) electrons. The molecule has 2 aromatic carbocycles. The molecule has 6 heteroatoms. The van der Waals surface area contributed by atoms with Gasteiger partial charge >= 0.3 is 0 Å². The summed E-state index contributed by atoms with van der Waals surface area (Å²) in [5.41, 5.74) is 0.738. The molecule has 0 heterocycles. The van der Waals surface area contributed by atoms with Gasteiger partial charge in [-0.05, 0) is 59.6 Å². The van der Waals surface area contributed by atoms with Crippen molar-refractivity contribution in [2.75, 3.05) is 13.2 Å². The Bertz CT molecular complexity index is 626. The van der Waals surface area contributed by atoms with Crippen LogP contribution in [0.4, 0.5) is 0 Å². The number of hydrogen-bond donors (Lipinski definition) is 0. The van der Waals surface area contributed by atoms with Crippen molar-refractivity contribution in [2.24, 2.45) is 0 Å². The van der Waals surface area contributed by atoms with Gasteiger partial charge in [-0.1, -0.05) is 12.1 Å². The first kappa shape index (κ1) is 16.3. The van der Waals surface area contributed by atoms with Crippen molar-refractivity contribution in [1.29, 1.82) is 0 Å². The second-order valence-electron chi connectivity index (χ2n) is 4.30. The first-order valence-electron chi connectivity index (χ1n) is 6.41. The second kappa shape index (κ2) is 7.82. The maximum Gasteiger partial charge on any atom is 0.252 e. The molecule has 0 bridgehead atoms. The van der Waals surface area contributed by atoms with Gasteiger partial charge in [-0.2, -0.15) is 0 Å². The van der Waals surface area contributed by atoms with Crippen LogP contribution in [-0.2, 0) is 0 Å². The van der Waals surface area contributed by atoms with Crippen molar-refractivity contribution in [2.45, 2.75) is 0 Å². The van der Waals surface area contributed by atoms with Crippen molar-refractivity contribution in [3.8, 4) is 11.5 Å². The maximum atomic E-state index is 11.0. The molecule has 0 aromatic heterocycles. The highest BCUT2D eigenvalue weighted by Crippen LogP contribution is 2.16. The van der Waals surface area contributed by atoms with Crippen molar-refractivity contribution in [3.63, 3.8) is 0 Å². The molecule has 0 saturated carbocycles. The summed E-state index contributed by atoms with van der Waals surface area (Å²) in [4.78, 5) is 22.1. The Morgan fingerprint density at radius 1 is 0.773 bits per heavy atom. The van der Waals surface area contributed by atoms with E-state index in [9.17, 15) is 9.59 Å². The Morgan fingerprint density at radius 3 is 1.55 bits per heavy atom. The largest absolute Gasteiger partial charge is 0.490 e. The van der Waals surface area contributed by atoms with Crippen molar-refractivity contribution in [1.82, 2.24) is 0 Å². The SMILES string of the molecule is O=C(Cl)c1cccc(OCCOc2cccc(C(=O)Cl)c2)c1. The first-order chi connectivity index (χ1) is 10.6. The molecule has 0 aliphatic carbocycles. The standard InChI is InChI=1S/C16H12Cl2O4/c17-15(19)11-3-1-5-13(9-11)21-7-8-22-14-6-2-4-12(10-14)16(18)20/h1-6,9-10H,7-8H2. The Labute approximate surface area is 137 Å². The highest BCUT2D eigenvalue weighted by atomic mass is 35.5. The Kier molecular flexibility index (Phi) is 5.81. The van der Waals surface area contributed by atoms with Gasteiger partial charge in [-0.3, -0.25) is 9.59 Å². The van der Waals surface area contributed by atoms with E-state index in [-0.39, 0.29) is 13.2 Å². The molecule has 2 rings (SSSR count). The average Bonchev–Trinajstić information content (AvgIpc) is 2.52. The number of carbonyl (C=O) groups excluding carboxylic acids is 2. The number of benzene rings is 2. The van der Waals surface area contributed by atoms with Crippen molar-refractivity contribution >= 4 is 33.7 Å². The van der Waals surface area contributed by atoms with E-state index in [1.807, 2.05) is 0 Å². The summed E-state index contributed by atoms with van der Waals surface area (Å²) in [6.45, 7) is 0.554. The summed E-state index contributed by atoms with van der Waals surface area (Å²) in [6.07, 6.45) is 0. The zero-order valence-electron chi connectivity index (χ0n) is 11.4. The fourth-order valence-corrected chi connectivity index (χ4v) is 1.97. The van der Waals surface area contributed by atoms with E-state index in [0.29, 0.717) is 22.6 Å². The van der Waals surface area contributed by atoms with Crippen LogP contribution in [0.1, 0.15) is 20.7 Å². The van der Waals surface area contributed by atoms with Gasteiger partial charge in [-0.15, -0.1) is 0 Å². The van der Waals surface area contributed by atoms with E-state index in [1.54, 1.807) is 48.5 Å². The predicted molar refractivity (Wildman–Crippen MR) is 84.2 cm³/mol. The molecular formula is C16H12Cl2O4. The van der Waals surface area contributed by atoms with Crippen LogP contribution < -0.4 is 9.47 Å². The van der Waals surface area contributed by atoms with E-state index >= 15 is 0 Å². The minimum atomic E-state index is -0.538. The fraction of sp³-hybridized carbons (Fsp3) is 0.125. The van der Waals surface area contributed by atoms with E-state index in [4.69, 9.17) is 32.7 Å². The molecule has 0 N–H and O–H groups in total. The molecule has 0 unspecified atom stereocenters. The van der Waals surface area contributed by atoms with Gasteiger partial charge in [0, 0.05) is 11.1 Å². The third-order valence-electron chi connectivity index (χ3n) is 2.74. The molecule has 0 amide bonds. The smallest absolute Gasteiger partial charge is 0.252 e. The molecule has 0 fully saturated rings. The molecule has 114 valence electrons. The molecule has 0 spiro atoms. The van der Waals surface area contributed by atoms with E-state index in [2.05, 4.69) is 0 Å². The highest BCUT2D eigenvalue weighted by Gasteiger charge is 2.04. The summed E-state index contributed by atoms with van der Waals surface area (Å²) < 4.78 is 10.9. The summed E-state index contributed by atoms with van der Waals surface area (Å²) in [5.74, 6) is 1.06. The maximum absolute atomic E-state index is 11.0. The summed E-state index contributed by atoms with van der Waals surface area (Å²) in [6, 6.07) is 13.1. The van der Waals surface area contributed by atoms with E-state index < -0.39 is 10.5 Å². The minimum Gasteiger partial charge on any atom is -0.490 e. The lowest BCUT2D eigenvalue weighted by Gasteiger charge is -2.09. The predicted octanol–water partition coefficient (Wildman–Crippen LogP) is 3.90.